The lowest BCUT2D eigenvalue weighted by molar-refractivity contribution is 0.0622. The summed E-state index contributed by atoms with van der Waals surface area (Å²) in [6.45, 7) is 1.16. The van der Waals surface area contributed by atoms with Crippen LogP contribution in [0.3, 0.4) is 0 Å². The lowest BCUT2D eigenvalue weighted by Gasteiger charge is -2.23. The number of hydrogen-bond acceptors (Lipinski definition) is 5. The molecule has 4 N–H and O–H groups in total. The second-order valence-corrected chi connectivity index (χ2v) is 4.05. The molecule has 7 heteroatoms. The first-order chi connectivity index (χ1) is 8.72. The minimum Gasteiger partial charge on any atom is -0.379 e. The number of aromatic nitrogens is 1. The van der Waals surface area contributed by atoms with Crippen LogP contribution in [0.15, 0.2) is 12.3 Å². The average molecular weight is 254 g/mol. The first-order valence-corrected chi connectivity index (χ1v) is 5.72. The van der Waals surface area contributed by atoms with Crippen molar-refractivity contribution < 1.29 is 13.9 Å². The molecule has 0 saturated carbocycles. The highest BCUT2D eigenvalue weighted by Gasteiger charge is 2.20. The molecular weight excluding hydrogens is 239 g/mol. The van der Waals surface area contributed by atoms with Gasteiger partial charge in [-0.3, -0.25) is 4.79 Å². The van der Waals surface area contributed by atoms with E-state index in [-0.39, 0.29) is 17.4 Å². The van der Waals surface area contributed by atoms with Gasteiger partial charge in [0.15, 0.2) is 11.6 Å². The van der Waals surface area contributed by atoms with Crippen LogP contribution in [0.25, 0.3) is 0 Å². The van der Waals surface area contributed by atoms with Crippen molar-refractivity contribution in [1.29, 1.82) is 0 Å². The van der Waals surface area contributed by atoms with Crippen LogP contribution in [0, 0.1) is 5.82 Å². The Morgan fingerprint density at radius 1 is 1.61 bits per heavy atom. The quantitative estimate of drug-likeness (QED) is 0.537. The maximum Gasteiger partial charge on any atom is 0.254 e. The zero-order chi connectivity index (χ0) is 13.0. The predicted molar refractivity (Wildman–Crippen MR) is 63.3 cm³/mol. The molecule has 2 heterocycles. The third-order valence-corrected chi connectivity index (χ3v) is 2.77. The van der Waals surface area contributed by atoms with Gasteiger partial charge in [0.05, 0.1) is 18.2 Å². The molecule has 0 spiro atoms. The van der Waals surface area contributed by atoms with Crippen molar-refractivity contribution in [2.45, 2.75) is 18.9 Å². The molecule has 1 aromatic rings. The third kappa shape index (κ3) is 2.74. The van der Waals surface area contributed by atoms with Crippen LogP contribution in [0.2, 0.25) is 0 Å². The van der Waals surface area contributed by atoms with Crippen LogP contribution >= 0.6 is 0 Å². The Hall–Kier alpha value is -1.73. The van der Waals surface area contributed by atoms with E-state index >= 15 is 0 Å². The Kier molecular flexibility index (Phi) is 4.06. The summed E-state index contributed by atoms with van der Waals surface area (Å²) >= 11 is 0. The van der Waals surface area contributed by atoms with Gasteiger partial charge < -0.3 is 15.5 Å². The Morgan fingerprint density at radius 2 is 2.44 bits per heavy atom. The lowest BCUT2D eigenvalue weighted by atomic mass is 10.1. The normalized spacial score (nSPS) is 19.3. The first-order valence-electron chi connectivity index (χ1n) is 5.72. The number of rotatable bonds is 3. The molecule has 98 valence electrons. The summed E-state index contributed by atoms with van der Waals surface area (Å²) in [5, 5.41) is 2.73. The van der Waals surface area contributed by atoms with E-state index in [2.05, 4.69) is 15.7 Å². The summed E-state index contributed by atoms with van der Waals surface area (Å²) in [6.07, 6.45) is 3.05. The van der Waals surface area contributed by atoms with E-state index in [0.29, 0.717) is 13.2 Å². The van der Waals surface area contributed by atoms with Crippen molar-refractivity contribution in [3.05, 3.63) is 23.6 Å². The number of hydrogen-bond donors (Lipinski definition) is 3. The number of pyridine rings is 1. The van der Waals surface area contributed by atoms with Gasteiger partial charge in [0, 0.05) is 12.8 Å². The van der Waals surface area contributed by atoms with Crippen molar-refractivity contribution >= 4 is 11.7 Å². The number of nitrogens with zero attached hydrogens (tertiary/aromatic N) is 1. The summed E-state index contributed by atoms with van der Waals surface area (Å²) in [7, 11) is 0. The molecule has 1 aromatic heterocycles. The van der Waals surface area contributed by atoms with Crippen molar-refractivity contribution in [3.63, 3.8) is 0 Å². The molecule has 1 amide bonds. The molecule has 18 heavy (non-hydrogen) atoms. The van der Waals surface area contributed by atoms with Gasteiger partial charge in [-0.1, -0.05) is 0 Å². The largest absolute Gasteiger partial charge is 0.379 e. The van der Waals surface area contributed by atoms with Gasteiger partial charge in [-0.25, -0.2) is 15.2 Å². The number of ether oxygens (including phenoxy) is 1. The van der Waals surface area contributed by atoms with Crippen molar-refractivity contribution in [2.75, 3.05) is 18.6 Å². The SMILES string of the molecule is NNc1nccc(C(=O)NC2CCCOC2)c1F. The number of hydrazine groups is 1. The Morgan fingerprint density at radius 3 is 3.11 bits per heavy atom. The van der Waals surface area contributed by atoms with Crippen LogP contribution in [-0.4, -0.2) is 30.1 Å². The highest BCUT2D eigenvalue weighted by atomic mass is 19.1. The van der Waals surface area contributed by atoms with E-state index in [4.69, 9.17) is 10.6 Å². The van der Waals surface area contributed by atoms with E-state index in [1.165, 1.54) is 12.3 Å². The molecule has 1 saturated heterocycles. The molecule has 1 aliphatic heterocycles. The molecule has 0 aliphatic carbocycles. The van der Waals surface area contributed by atoms with Crippen LogP contribution < -0.4 is 16.6 Å². The third-order valence-electron chi connectivity index (χ3n) is 2.77. The molecule has 0 radical (unpaired) electrons. The monoisotopic (exact) mass is 254 g/mol. The van der Waals surface area contributed by atoms with Crippen molar-refractivity contribution in [2.24, 2.45) is 5.84 Å². The Balaban J connectivity index is 2.08. The fourth-order valence-electron chi connectivity index (χ4n) is 1.84. The fraction of sp³-hybridized carbons (Fsp3) is 0.455. The second-order valence-electron chi connectivity index (χ2n) is 4.05. The van der Waals surface area contributed by atoms with E-state index < -0.39 is 11.7 Å². The van der Waals surface area contributed by atoms with Gasteiger partial charge in [-0.2, -0.15) is 0 Å². The number of nitrogens with two attached hydrogens (primary N) is 1. The Labute approximate surface area is 104 Å². The number of carbonyl (C=O) groups is 1. The Bertz CT molecular complexity index is 435. The molecule has 0 aromatic carbocycles. The summed E-state index contributed by atoms with van der Waals surface area (Å²) in [6, 6.07) is 1.24. The fourth-order valence-corrected chi connectivity index (χ4v) is 1.84. The standard InChI is InChI=1S/C11H15FN4O2/c12-9-8(3-4-14-10(9)16-13)11(17)15-7-2-1-5-18-6-7/h3-4,7H,1-2,5-6,13H2,(H,14,16)(H,15,17). The van der Waals surface area contributed by atoms with E-state index in [1.807, 2.05) is 0 Å². The predicted octanol–water partition coefficient (Wildman–Crippen LogP) is 0.415. The topological polar surface area (TPSA) is 89.3 Å². The van der Waals surface area contributed by atoms with Crippen LogP contribution in [0.5, 0.6) is 0 Å². The zero-order valence-corrected chi connectivity index (χ0v) is 9.78. The maximum absolute atomic E-state index is 13.8. The molecular formula is C11H15FN4O2. The molecule has 0 bridgehead atoms. The van der Waals surface area contributed by atoms with Crippen molar-refractivity contribution in [3.8, 4) is 0 Å². The number of carbonyl (C=O) groups excluding carboxylic acids is 1. The van der Waals surface area contributed by atoms with E-state index in [0.717, 1.165) is 12.8 Å². The summed E-state index contributed by atoms with van der Waals surface area (Å²) in [4.78, 5) is 15.6. The second kappa shape index (κ2) is 5.74. The summed E-state index contributed by atoms with van der Waals surface area (Å²) in [5.74, 6) is 3.71. The number of halogens is 1. The highest BCUT2D eigenvalue weighted by molar-refractivity contribution is 5.95. The molecule has 1 atom stereocenters. The summed E-state index contributed by atoms with van der Waals surface area (Å²) in [5.41, 5.74) is 2.02. The zero-order valence-electron chi connectivity index (χ0n) is 9.78. The molecule has 2 rings (SSSR count). The highest BCUT2D eigenvalue weighted by Crippen LogP contribution is 2.14. The number of amides is 1. The molecule has 1 aliphatic rings. The number of nitrogen functional groups attached to an aromatic ring is 1. The average Bonchev–Trinajstić information content (AvgIpc) is 2.40. The summed E-state index contributed by atoms with van der Waals surface area (Å²) < 4.78 is 19.0. The maximum atomic E-state index is 13.8. The minimum absolute atomic E-state index is 0.0758. The van der Waals surface area contributed by atoms with Gasteiger partial charge in [0.25, 0.3) is 5.91 Å². The molecule has 1 fully saturated rings. The molecule has 6 nitrogen and oxygen atoms in total. The van der Waals surface area contributed by atoms with Gasteiger partial charge in [0.1, 0.15) is 0 Å². The van der Waals surface area contributed by atoms with Crippen molar-refractivity contribution in [1.82, 2.24) is 10.3 Å². The van der Waals surface area contributed by atoms with Crippen LogP contribution in [0.4, 0.5) is 10.2 Å². The van der Waals surface area contributed by atoms with Crippen LogP contribution in [0.1, 0.15) is 23.2 Å². The van der Waals surface area contributed by atoms with E-state index in [1.54, 1.807) is 0 Å². The molecule has 1 unspecified atom stereocenters. The first kappa shape index (κ1) is 12.7. The minimum atomic E-state index is -0.755. The number of nitrogens with one attached hydrogen (secondary N) is 2. The smallest absolute Gasteiger partial charge is 0.254 e. The number of anilines is 1. The van der Waals surface area contributed by atoms with Crippen LogP contribution in [-0.2, 0) is 4.74 Å². The lowest BCUT2D eigenvalue weighted by Crippen LogP contribution is -2.41. The van der Waals surface area contributed by atoms with Gasteiger partial charge in [-0.15, -0.1) is 0 Å². The van der Waals surface area contributed by atoms with Gasteiger partial charge >= 0.3 is 0 Å². The van der Waals surface area contributed by atoms with Gasteiger partial charge in [-0.05, 0) is 18.9 Å². The van der Waals surface area contributed by atoms with E-state index in [9.17, 15) is 9.18 Å². The van der Waals surface area contributed by atoms with Gasteiger partial charge in [0.2, 0.25) is 0 Å².